The van der Waals surface area contributed by atoms with Crippen LogP contribution in [0.25, 0.3) is 10.6 Å². The largest absolute Gasteiger partial charge is 0.309 e. The third kappa shape index (κ3) is 2.97. The molecule has 6 nitrogen and oxygen atoms in total. The van der Waals surface area contributed by atoms with Crippen molar-refractivity contribution in [3.8, 4) is 10.6 Å². The van der Waals surface area contributed by atoms with Crippen molar-refractivity contribution >= 4 is 23.1 Å². The lowest BCUT2D eigenvalue weighted by molar-refractivity contribution is -0.119. The summed E-state index contributed by atoms with van der Waals surface area (Å²) in [6.07, 6.45) is 4.84. The number of nitrogens with one attached hydrogen (secondary N) is 1. The van der Waals surface area contributed by atoms with Crippen LogP contribution in [0.3, 0.4) is 0 Å². The van der Waals surface area contributed by atoms with E-state index in [1.807, 2.05) is 17.5 Å². The monoisotopic (exact) mass is 299 g/mol. The zero-order chi connectivity index (χ0) is 14.7. The molecule has 0 spiro atoms. The average Bonchev–Trinajstić information content (AvgIpc) is 3.20. The van der Waals surface area contributed by atoms with Crippen molar-refractivity contribution in [2.24, 2.45) is 0 Å². The van der Waals surface area contributed by atoms with Gasteiger partial charge in [0, 0.05) is 18.5 Å². The number of rotatable bonds is 4. The van der Waals surface area contributed by atoms with Crippen LogP contribution in [0.4, 0.5) is 5.82 Å². The molecule has 3 heterocycles. The van der Waals surface area contributed by atoms with E-state index in [0.29, 0.717) is 5.82 Å². The second-order valence-electron chi connectivity index (χ2n) is 4.42. The van der Waals surface area contributed by atoms with Crippen LogP contribution < -0.4 is 5.32 Å². The highest BCUT2D eigenvalue weighted by Crippen LogP contribution is 2.23. The standard InChI is InChI=1S/C14H13N5OS/c1-10(19-6-3-5-17-19)14(20)18-13-8-11(15-9-16-13)12-4-2-7-21-12/h2-10H,1H3,(H,15,16,18,20). The summed E-state index contributed by atoms with van der Waals surface area (Å²) in [6, 6.07) is 7.08. The van der Waals surface area contributed by atoms with E-state index < -0.39 is 6.04 Å². The van der Waals surface area contributed by atoms with Crippen molar-refractivity contribution in [3.63, 3.8) is 0 Å². The molecule has 0 aliphatic heterocycles. The Morgan fingerprint density at radius 1 is 1.38 bits per heavy atom. The molecule has 0 fully saturated rings. The molecule has 1 unspecified atom stereocenters. The Balaban J connectivity index is 1.76. The predicted octanol–water partition coefficient (Wildman–Crippen LogP) is 2.60. The lowest BCUT2D eigenvalue weighted by atomic mass is 10.3. The molecule has 106 valence electrons. The van der Waals surface area contributed by atoms with Crippen LogP contribution in [0, 0.1) is 0 Å². The summed E-state index contributed by atoms with van der Waals surface area (Å²) in [4.78, 5) is 21.5. The highest BCUT2D eigenvalue weighted by Gasteiger charge is 2.16. The van der Waals surface area contributed by atoms with E-state index in [2.05, 4.69) is 20.4 Å². The summed E-state index contributed by atoms with van der Waals surface area (Å²) in [5.41, 5.74) is 0.794. The van der Waals surface area contributed by atoms with Crippen LogP contribution in [0.15, 0.2) is 48.4 Å². The fourth-order valence-electron chi connectivity index (χ4n) is 1.85. The first-order valence-corrected chi connectivity index (χ1v) is 7.28. The minimum absolute atomic E-state index is 0.172. The predicted molar refractivity (Wildman–Crippen MR) is 80.9 cm³/mol. The summed E-state index contributed by atoms with van der Waals surface area (Å²) >= 11 is 1.59. The number of anilines is 1. The van der Waals surface area contributed by atoms with E-state index in [1.165, 1.54) is 6.33 Å². The number of aromatic nitrogens is 4. The Morgan fingerprint density at radius 2 is 2.29 bits per heavy atom. The number of nitrogens with zero attached hydrogens (tertiary/aromatic N) is 4. The molecule has 7 heteroatoms. The van der Waals surface area contributed by atoms with Gasteiger partial charge in [-0.3, -0.25) is 9.48 Å². The summed E-state index contributed by atoms with van der Waals surface area (Å²) < 4.78 is 1.59. The van der Waals surface area contributed by atoms with Crippen molar-refractivity contribution < 1.29 is 4.79 Å². The average molecular weight is 299 g/mol. The maximum Gasteiger partial charge on any atom is 0.250 e. The Labute approximate surface area is 125 Å². The molecule has 1 atom stereocenters. The molecular formula is C14H13N5OS. The van der Waals surface area contributed by atoms with Crippen molar-refractivity contribution in [3.05, 3.63) is 48.4 Å². The Kier molecular flexibility index (Phi) is 3.74. The molecule has 0 bridgehead atoms. The van der Waals surface area contributed by atoms with Crippen molar-refractivity contribution in [2.45, 2.75) is 13.0 Å². The van der Waals surface area contributed by atoms with E-state index in [4.69, 9.17) is 0 Å². The summed E-state index contributed by atoms with van der Waals surface area (Å²) in [6.45, 7) is 1.78. The SMILES string of the molecule is CC(C(=O)Nc1cc(-c2cccs2)ncn1)n1cccn1. The van der Waals surface area contributed by atoms with Gasteiger partial charge in [-0.25, -0.2) is 9.97 Å². The van der Waals surface area contributed by atoms with E-state index in [9.17, 15) is 4.79 Å². The number of carbonyl (C=O) groups is 1. The molecule has 1 amide bonds. The number of amides is 1. The molecule has 0 aliphatic rings. The van der Waals surface area contributed by atoms with Gasteiger partial charge >= 0.3 is 0 Å². The first kappa shape index (κ1) is 13.4. The first-order chi connectivity index (χ1) is 10.2. The van der Waals surface area contributed by atoms with Crippen LogP contribution in [0.2, 0.25) is 0 Å². The molecule has 0 aromatic carbocycles. The molecule has 21 heavy (non-hydrogen) atoms. The number of hydrogen-bond acceptors (Lipinski definition) is 5. The van der Waals surface area contributed by atoms with Gasteiger partial charge in [-0.1, -0.05) is 6.07 Å². The molecule has 3 rings (SSSR count). The number of hydrogen-bond donors (Lipinski definition) is 1. The highest BCUT2D eigenvalue weighted by molar-refractivity contribution is 7.13. The van der Waals surface area contributed by atoms with Gasteiger partial charge in [-0.05, 0) is 24.4 Å². The second kappa shape index (κ2) is 5.84. The molecule has 0 saturated heterocycles. The van der Waals surface area contributed by atoms with E-state index in [0.717, 1.165) is 10.6 Å². The third-order valence-corrected chi connectivity index (χ3v) is 3.89. The molecular weight excluding hydrogens is 286 g/mol. The smallest absolute Gasteiger partial charge is 0.250 e. The van der Waals surface area contributed by atoms with E-state index in [1.54, 1.807) is 47.5 Å². The molecule has 3 aromatic heterocycles. The minimum atomic E-state index is -0.403. The number of thiophene rings is 1. The maximum atomic E-state index is 12.2. The van der Waals surface area contributed by atoms with Crippen LogP contribution in [0.5, 0.6) is 0 Å². The second-order valence-corrected chi connectivity index (χ2v) is 5.36. The lowest BCUT2D eigenvalue weighted by Gasteiger charge is -2.12. The van der Waals surface area contributed by atoms with Crippen molar-refractivity contribution in [2.75, 3.05) is 5.32 Å². The molecule has 0 radical (unpaired) electrons. The zero-order valence-electron chi connectivity index (χ0n) is 11.3. The van der Waals surface area contributed by atoms with Crippen molar-refractivity contribution in [1.82, 2.24) is 19.7 Å². The fraction of sp³-hybridized carbons (Fsp3) is 0.143. The molecule has 0 aliphatic carbocycles. The zero-order valence-corrected chi connectivity index (χ0v) is 12.1. The van der Waals surface area contributed by atoms with E-state index in [-0.39, 0.29) is 5.91 Å². The van der Waals surface area contributed by atoms with Crippen LogP contribution >= 0.6 is 11.3 Å². The number of carbonyl (C=O) groups excluding carboxylic acids is 1. The third-order valence-electron chi connectivity index (χ3n) is 2.99. The maximum absolute atomic E-state index is 12.2. The lowest BCUT2D eigenvalue weighted by Crippen LogP contribution is -2.24. The Bertz CT molecular complexity index is 724. The topological polar surface area (TPSA) is 72.7 Å². The van der Waals surface area contributed by atoms with Gasteiger partial charge in [0.2, 0.25) is 5.91 Å². The van der Waals surface area contributed by atoms with Gasteiger partial charge in [0.15, 0.2) is 0 Å². The van der Waals surface area contributed by atoms with Gasteiger partial charge in [0.25, 0.3) is 0 Å². The normalized spacial score (nSPS) is 12.0. The van der Waals surface area contributed by atoms with Gasteiger partial charge in [-0.15, -0.1) is 11.3 Å². The summed E-state index contributed by atoms with van der Waals surface area (Å²) in [7, 11) is 0. The van der Waals surface area contributed by atoms with Crippen LogP contribution in [0.1, 0.15) is 13.0 Å². The fourth-order valence-corrected chi connectivity index (χ4v) is 2.54. The van der Waals surface area contributed by atoms with Gasteiger partial charge in [-0.2, -0.15) is 5.10 Å². The van der Waals surface area contributed by atoms with Crippen molar-refractivity contribution in [1.29, 1.82) is 0 Å². The molecule has 1 N–H and O–H groups in total. The van der Waals surface area contributed by atoms with E-state index >= 15 is 0 Å². The Morgan fingerprint density at radius 3 is 3.00 bits per heavy atom. The highest BCUT2D eigenvalue weighted by atomic mass is 32.1. The van der Waals surface area contributed by atoms with Gasteiger partial charge in [0.1, 0.15) is 18.2 Å². The van der Waals surface area contributed by atoms with Crippen LogP contribution in [-0.2, 0) is 4.79 Å². The summed E-state index contributed by atoms with van der Waals surface area (Å²) in [5.74, 6) is 0.312. The molecule has 0 saturated carbocycles. The molecule has 3 aromatic rings. The van der Waals surface area contributed by atoms with Gasteiger partial charge in [0.05, 0.1) is 10.6 Å². The Hall–Kier alpha value is -2.54. The van der Waals surface area contributed by atoms with Gasteiger partial charge < -0.3 is 5.32 Å². The summed E-state index contributed by atoms with van der Waals surface area (Å²) in [5, 5.41) is 8.83. The quantitative estimate of drug-likeness (QED) is 0.803. The van der Waals surface area contributed by atoms with Crippen LogP contribution in [-0.4, -0.2) is 25.7 Å². The minimum Gasteiger partial charge on any atom is -0.309 e. The first-order valence-electron chi connectivity index (χ1n) is 6.40.